The molecule has 0 aliphatic heterocycles. The Labute approximate surface area is 98.0 Å². The molecule has 1 aromatic rings. The molecule has 17 heavy (non-hydrogen) atoms. The number of methoxy groups -OCH3 is 2. The summed E-state index contributed by atoms with van der Waals surface area (Å²) in [6.07, 6.45) is 0. The van der Waals surface area contributed by atoms with Crippen molar-refractivity contribution in [3.8, 4) is 11.5 Å². The molecule has 0 unspecified atom stereocenters. The number of hydrogen-bond acceptors (Lipinski definition) is 6. The van der Waals surface area contributed by atoms with Crippen molar-refractivity contribution in [2.24, 2.45) is 10.9 Å². The molecule has 0 aliphatic carbocycles. The van der Waals surface area contributed by atoms with Crippen molar-refractivity contribution >= 4 is 11.4 Å². The SMILES string of the molecule is COc1cc(C(C)=NN)c([N+](=O)[O-])cc1OC. The molecule has 1 rings (SSSR count). The number of nitrogens with zero attached hydrogens (tertiary/aromatic N) is 2. The minimum absolute atomic E-state index is 0.130. The monoisotopic (exact) mass is 239 g/mol. The first-order valence-corrected chi connectivity index (χ1v) is 4.70. The third-order valence-corrected chi connectivity index (χ3v) is 2.28. The van der Waals surface area contributed by atoms with Gasteiger partial charge >= 0.3 is 0 Å². The number of nitrogens with two attached hydrogens (primary N) is 1. The minimum atomic E-state index is -0.522. The van der Waals surface area contributed by atoms with Gasteiger partial charge in [0.15, 0.2) is 11.5 Å². The lowest BCUT2D eigenvalue weighted by atomic mass is 10.1. The van der Waals surface area contributed by atoms with E-state index in [-0.39, 0.29) is 11.4 Å². The van der Waals surface area contributed by atoms with E-state index in [4.69, 9.17) is 15.3 Å². The van der Waals surface area contributed by atoms with Crippen LogP contribution >= 0.6 is 0 Å². The number of ether oxygens (including phenoxy) is 2. The second kappa shape index (κ2) is 5.15. The van der Waals surface area contributed by atoms with Crippen LogP contribution in [0.15, 0.2) is 17.2 Å². The second-order valence-electron chi connectivity index (χ2n) is 3.20. The van der Waals surface area contributed by atoms with Crippen molar-refractivity contribution in [2.75, 3.05) is 14.2 Å². The molecule has 0 bridgehead atoms. The van der Waals surface area contributed by atoms with E-state index in [1.54, 1.807) is 6.92 Å². The Kier molecular flexibility index (Phi) is 3.86. The number of benzene rings is 1. The summed E-state index contributed by atoms with van der Waals surface area (Å²) in [5.74, 6) is 5.80. The molecule has 0 saturated carbocycles. The zero-order chi connectivity index (χ0) is 13.0. The average molecular weight is 239 g/mol. The number of hydrogen-bond donors (Lipinski definition) is 1. The highest BCUT2D eigenvalue weighted by Gasteiger charge is 2.21. The van der Waals surface area contributed by atoms with Crippen LogP contribution in [-0.2, 0) is 0 Å². The molecule has 0 aromatic heterocycles. The number of hydrazone groups is 1. The van der Waals surface area contributed by atoms with Crippen LogP contribution < -0.4 is 15.3 Å². The molecule has 0 amide bonds. The lowest BCUT2D eigenvalue weighted by molar-refractivity contribution is -0.385. The van der Waals surface area contributed by atoms with E-state index in [9.17, 15) is 10.1 Å². The molecule has 7 nitrogen and oxygen atoms in total. The normalized spacial score (nSPS) is 11.1. The fraction of sp³-hybridized carbons (Fsp3) is 0.300. The molecule has 0 aliphatic rings. The molecule has 0 saturated heterocycles. The van der Waals surface area contributed by atoms with Crippen molar-refractivity contribution in [3.63, 3.8) is 0 Å². The molecule has 0 fully saturated rings. The Hall–Kier alpha value is -2.31. The first-order chi connectivity index (χ1) is 8.04. The molecule has 0 heterocycles. The third kappa shape index (κ3) is 2.44. The first-order valence-electron chi connectivity index (χ1n) is 4.70. The molecular formula is C10H13N3O4. The summed E-state index contributed by atoms with van der Waals surface area (Å²) < 4.78 is 10.1. The second-order valence-corrected chi connectivity index (χ2v) is 3.20. The molecule has 7 heteroatoms. The Bertz CT molecular complexity index is 471. The van der Waals surface area contributed by atoms with Gasteiger partial charge < -0.3 is 15.3 Å². The summed E-state index contributed by atoms with van der Waals surface area (Å²) in [5, 5.41) is 14.4. The van der Waals surface area contributed by atoms with Crippen molar-refractivity contribution in [2.45, 2.75) is 6.92 Å². The molecule has 0 spiro atoms. The summed E-state index contributed by atoms with van der Waals surface area (Å²) in [5.41, 5.74) is 0.516. The van der Waals surface area contributed by atoms with Crippen LogP contribution in [0.3, 0.4) is 0 Å². The Morgan fingerprint density at radius 3 is 2.29 bits per heavy atom. The van der Waals surface area contributed by atoms with Gasteiger partial charge in [0, 0.05) is 0 Å². The van der Waals surface area contributed by atoms with Crippen LogP contribution in [0.1, 0.15) is 12.5 Å². The van der Waals surface area contributed by atoms with Gasteiger partial charge in [-0.25, -0.2) is 0 Å². The Morgan fingerprint density at radius 2 is 1.88 bits per heavy atom. The maximum absolute atomic E-state index is 10.9. The van der Waals surface area contributed by atoms with Gasteiger partial charge in [-0.15, -0.1) is 0 Å². The van der Waals surface area contributed by atoms with Gasteiger partial charge in [-0.2, -0.15) is 5.10 Å². The van der Waals surface area contributed by atoms with E-state index in [1.165, 1.54) is 26.4 Å². The van der Waals surface area contributed by atoms with Crippen molar-refractivity contribution in [1.29, 1.82) is 0 Å². The summed E-state index contributed by atoms with van der Waals surface area (Å²) in [6.45, 7) is 1.58. The fourth-order valence-corrected chi connectivity index (χ4v) is 1.38. The lowest BCUT2D eigenvalue weighted by Crippen LogP contribution is -2.05. The van der Waals surface area contributed by atoms with Crippen LogP contribution in [0.5, 0.6) is 11.5 Å². The number of nitro benzene ring substituents is 1. The summed E-state index contributed by atoms with van der Waals surface area (Å²) >= 11 is 0. The van der Waals surface area contributed by atoms with Crippen LogP contribution in [0.25, 0.3) is 0 Å². The highest BCUT2D eigenvalue weighted by Crippen LogP contribution is 2.34. The Balaban J connectivity index is 3.51. The molecular weight excluding hydrogens is 226 g/mol. The van der Waals surface area contributed by atoms with Gasteiger partial charge in [-0.1, -0.05) is 0 Å². The van der Waals surface area contributed by atoms with E-state index in [0.717, 1.165) is 0 Å². The summed E-state index contributed by atoms with van der Waals surface area (Å²) in [6, 6.07) is 2.76. The van der Waals surface area contributed by atoms with Crippen molar-refractivity contribution in [3.05, 3.63) is 27.8 Å². The molecule has 0 radical (unpaired) electrons. The van der Waals surface area contributed by atoms with Gasteiger partial charge in [0.2, 0.25) is 0 Å². The van der Waals surface area contributed by atoms with Gasteiger partial charge in [0.05, 0.1) is 36.5 Å². The van der Waals surface area contributed by atoms with Crippen molar-refractivity contribution < 1.29 is 14.4 Å². The summed E-state index contributed by atoms with van der Waals surface area (Å²) in [4.78, 5) is 10.4. The highest BCUT2D eigenvalue weighted by atomic mass is 16.6. The van der Waals surface area contributed by atoms with Gasteiger partial charge in [0.1, 0.15) is 0 Å². The highest BCUT2D eigenvalue weighted by molar-refractivity contribution is 6.02. The van der Waals surface area contributed by atoms with Crippen molar-refractivity contribution in [1.82, 2.24) is 0 Å². The van der Waals surface area contributed by atoms with Gasteiger partial charge in [-0.05, 0) is 13.0 Å². The third-order valence-electron chi connectivity index (χ3n) is 2.28. The van der Waals surface area contributed by atoms with Crippen LogP contribution in [0, 0.1) is 10.1 Å². The zero-order valence-electron chi connectivity index (χ0n) is 9.76. The van der Waals surface area contributed by atoms with E-state index >= 15 is 0 Å². The quantitative estimate of drug-likeness (QED) is 0.369. The van der Waals surface area contributed by atoms with Crippen LogP contribution in [-0.4, -0.2) is 24.9 Å². The topological polar surface area (TPSA) is 100.0 Å². The van der Waals surface area contributed by atoms with E-state index in [0.29, 0.717) is 17.0 Å². The van der Waals surface area contributed by atoms with Crippen LogP contribution in [0.4, 0.5) is 5.69 Å². The van der Waals surface area contributed by atoms with E-state index in [2.05, 4.69) is 5.10 Å². The molecule has 0 atom stereocenters. The standard InChI is InChI=1S/C10H13N3O4/c1-6(12-11)7-4-9(16-2)10(17-3)5-8(7)13(14)15/h4-5H,11H2,1-3H3. The summed E-state index contributed by atoms with van der Waals surface area (Å²) in [7, 11) is 2.85. The predicted molar refractivity (Wildman–Crippen MR) is 62.6 cm³/mol. The zero-order valence-corrected chi connectivity index (χ0v) is 9.76. The lowest BCUT2D eigenvalue weighted by Gasteiger charge is -2.09. The maximum atomic E-state index is 10.9. The van der Waals surface area contributed by atoms with Gasteiger partial charge in [-0.3, -0.25) is 10.1 Å². The van der Waals surface area contributed by atoms with Gasteiger partial charge in [0.25, 0.3) is 5.69 Å². The maximum Gasteiger partial charge on any atom is 0.282 e. The molecule has 2 N–H and O–H groups in total. The largest absolute Gasteiger partial charge is 0.493 e. The minimum Gasteiger partial charge on any atom is -0.493 e. The smallest absolute Gasteiger partial charge is 0.282 e. The fourth-order valence-electron chi connectivity index (χ4n) is 1.38. The average Bonchev–Trinajstić information content (AvgIpc) is 2.35. The van der Waals surface area contributed by atoms with E-state index in [1.807, 2.05) is 0 Å². The number of rotatable bonds is 4. The first kappa shape index (κ1) is 12.8. The molecule has 92 valence electrons. The number of nitro groups is 1. The molecule has 1 aromatic carbocycles. The van der Waals surface area contributed by atoms with Crippen LogP contribution in [0.2, 0.25) is 0 Å². The predicted octanol–water partition coefficient (Wildman–Crippen LogP) is 1.29. The Morgan fingerprint density at radius 1 is 1.35 bits per heavy atom. The van der Waals surface area contributed by atoms with E-state index < -0.39 is 4.92 Å².